The van der Waals surface area contributed by atoms with Crippen LogP contribution in [-0.4, -0.2) is 36.5 Å². The average molecular weight is 293 g/mol. The Hall–Kier alpha value is -1.86. The van der Waals surface area contributed by atoms with Gasteiger partial charge in [0.15, 0.2) is 0 Å². The molecule has 0 aliphatic carbocycles. The van der Waals surface area contributed by atoms with Gasteiger partial charge in [0.1, 0.15) is 0 Å². The van der Waals surface area contributed by atoms with E-state index in [1.165, 1.54) is 25.0 Å². The van der Waals surface area contributed by atoms with Crippen molar-refractivity contribution in [3.63, 3.8) is 0 Å². The van der Waals surface area contributed by atoms with Crippen molar-refractivity contribution in [1.29, 1.82) is 0 Å². The number of nitro benzene ring substituents is 1. The number of hydrazine groups is 1. The SMILES string of the molecule is CN1CCC(CCNc2cc(NN)cc([N+](=O)[O-])c2)CC1. The lowest BCUT2D eigenvalue weighted by molar-refractivity contribution is -0.384. The molecule has 1 fully saturated rings. The zero-order chi connectivity index (χ0) is 15.2. The molecule has 1 aromatic carbocycles. The largest absolute Gasteiger partial charge is 0.385 e. The lowest BCUT2D eigenvalue weighted by atomic mass is 9.94. The summed E-state index contributed by atoms with van der Waals surface area (Å²) < 4.78 is 0. The minimum Gasteiger partial charge on any atom is -0.385 e. The molecule has 21 heavy (non-hydrogen) atoms. The molecular formula is C14H23N5O2. The van der Waals surface area contributed by atoms with Crippen LogP contribution in [0.3, 0.4) is 0 Å². The molecule has 0 spiro atoms. The van der Waals surface area contributed by atoms with Crippen molar-refractivity contribution < 1.29 is 4.92 Å². The van der Waals surface area contributed by atoms with E-state index in [1.54, 1.807) is 6.07 Å². The highest BCUT2D eigenvalue weighted by molar-refractivity contribution is 5.63. The van der Waals surface area contributed by atoms with Crippen LogP contribution in [0.2, 0.25) is 0 Å². The highest BCUT2D eigenvalue weighted by atomic mass is 16.6. The summed E-state index contributed by atoms with van der Waals surface area (Å²) in [6.45, 7) is 3.13. The van der Waals surface area contributed by atoms with E-state index in [-0.39, 0.29) is 5.69 Å². The Labute approximate surface area is 124 Å². The van der Waals surface area contributed by atoms with Crippen LogP contribution in [0.25, 0.3) is 0 Å². The van der Waals surface area contributed by atoms with Gasteiger partial charge in [-0.1, -0.05) is 0 Å². The molecule has 0 bridgehead atoms. The van der Waals surface area contributed by atoms with E-state index in [2.05, 4.69) is 22.7 Å². The van der Waals surface area contributed by atoms with Crippen molar-refractivity contribution in [2.45, 2.75) is 19.3 Å². The number of rotatable bonds is 6. The fraction of sp³-hybridized carbons (Fsp3) is 0.571. The average Bonchev–Trinajstić information content (AvgIpc) is 2.49. The Morgan fingerprint density at radius 3 is 2.62 bits per heavy atom. The number of hydrogen-bond acceptors (Lipinski definition) is 6. The fourth-order valence-electron chi connectivity index (χ4n) is 2.67. The molecule has 0 unspecified atom stereocenters. The van der Waals surface area contributed by atoms with E-state index in [0.717, 1.165) is 37.7 Å². The number of nitrogen functional groups attached to an aromatic ring is 1. The van der Waals surface area contributed by atoms with Crippen LogP contribution in [0.1, 0.15) is 19.3 Å². The third-order valence-electron chi connectivity index (χ3n) is 4.02. The van der Waals surface area contributed by atoms with Crippen molar-refractivity contribution >= 4 is 17.1 Å². The molecule has 2 rings (SSSR count). The van der Waals surface area contributed by atoms with E-state index in [9.17, 15) is 10.1 Å². The van der Waals surface area contributed by atoms with Gasteiger partial charge in [0, 0.05) is 24.4 Å². The van der Waals surface area contributed by atoms with Crippen LogP contribution in [0.4, 0.5) is 17.1 Å². The smallest absolute Gasteiger partial charge is 0.273 e. The van der Waals surface area contributed by atoms with E-state index in [1.807, 2.05) is 0 Å². The van der Waals surface area contributed by atoms with E-state index in [0.29, 0.717) is 5.69 Å². The van der Waals surface area contributed by atoms with Crippen molar-refractivity contribution in [2.24, 2.45) is 11.8 Å². The van der Waals surface area contributed by atoms with Gasteiger partial charge in [-0.25, -0.2) is 0 Å². The Balaban J connectivity index is 1.87. The normalized spacial score (nSPS) is 16.7. The lowest BCUT2D eigenvalue weighted by Gasteiger charge is -2.29. The number of nitrogens with two attached hydrogens (primary N) is 1. The van der Waals surface area contributed by atoms with Gasteiger partial charge >= 0.3 is 0 Å². The molecule has 0 saturated carbocycles. The first-order chi connectivity index (χ1) is 10.1. The first kappa shape index (κ1) is 15.5. The summed E-state index contributed by atoms with van der Waals surface area (Å²) in [6, 6.07) is 4.74. The zero-order valence-corrected chi connectivity index (χ0v) is 12.3. The third-order valence-corrected chi connectivity index (χ3v) is 4.02. The monoisotopic (exact) mass is 293 g/mol. The summed E-state index contributed by atoms with van der Waals surface area (Å²) in [5.41, 5.74) is 3.75. The van der Waals surface area contributed by atoms with Crippen LogP contribution in [0.5, 0.6) is 0 Å². The van der Waals surface area contributed by atoms with E-state index >= 15 is 0 Å². The molecule has 0 aromatic heterocycles. The van der Waals surface area contributed by atoms with Gasteiger partial charge < -0.3 is 15.6 Å². The summed E-state index contributed by atoms with van der Waals surface area (Å²) in [7, 11) is 2.15. The van der Waals surface area contributed by atoms with Gasteiger partial charge in [-0.3, -0.25) is 16.0 Å². The summed E-state index contributed by atoms with van der Waals surface area (Å²) in [6.07, 6.45) is 3.54. The predicted octanol–water partition coefficient (Wildman–Crippen LogP) is 2.02. The van der Waals surface area contributed by atoms with Gasteiger partial charge in [-0.05, 0) is 51.4 Å². The Morgan fingerprint density at radius 2 is 2.00 bits per heavy atom. The maximum Gasteiger partial charge on any atom is 0.273 e. The second kappa shape index (κ2) is 7.24. The first-order valence-electron chi connectivity index (χ1n) is 7.27. The highest BCUT2D eigenvalue weighted by Crippen LogP contribution is 2.24. The number of piperidine rings is 1. The minimum atomic E-state index is -0.414. The molecular weight excluding hydrogens is 270 g/mol. The summed E-state index contributed by atoms with van der Waals surface area (Å²) in [5, 5.41) is 14.1. The summed E-state index contributed by atoms with van der Waals surface area (Å²) >= 11 is 0. The molecule has 0 radical (unpaired) electrons. The van der Waals surface area contributed by atoms with Gasteiger partial charge in [-0.2, -0.15) is 0 Å². The number of nitrogens with one attached hydrogen (secondary N) is 2. The number of nitro groups is 1. The number of benzene rings is 1. The minimum absolute atomic E-state index is 0.0345. The predicted molar refractivity (Wildman–Crippen MR) is 84.2 cm³/mol. The Morgan fingerprint density at radius 1 is 1.33 bits per heavy atom. The van der Waals surface area contributed by atoms with Crippen LogP contribution in [0.15, 0.2) is 18.2 Å². The Kier molecular flexibility index (Phi) is 5.35. The zero-order valence-electron chi connectivity index (χ0n) is 12.3. The summed E-state index contributed by atoms with van der Waals surface area (Å²) in [4.78, 5) is 12.8. The third kappa shape index (κ3) is 4.57. The second-order valence-corrected chi connectivity index (χ2v) is 5.63. The second-order valence-electron chi connectivity index (χ2n) is 5.63. The molecule has 0 amide bonds. The number of anilines is 2. The maximum atomic E-state index is 10.9. The number of non-ortho nitro benzene ring substituents is 1. The first-order valence-corrected chi connectivity index (χ1v) is 7.27. The maximum absolute atomic E-state index is 10.9. The van der Waals surface area contributed by atoms with Crippen molar-refractivity contribution in [3.8, 4) is 0 Å². The molecule has 1 saturated heterocycles. The van der Waals surface area contributed by atoms with Gasteiger partial charge in [-0.15, -0.1) is 0 Å². The molecule has 1 heterocycles. The lowest BCUT2D eigenvalue weighted by Crippen LogP contribution is -2.30. The molecule has 0 atom stereocenters. The van der Waals surface area contributed by atoms with Gasteiger partial charge in [0.25, 0.3) is 5.69 Å². The number of hydrogen-bond donors (Lipinski definition) is 3. The molecule has 1 aromatic rings. The van der Waals surface area contributed by atoms with Gasteiger partial charge in [0.2, 0.25) is 0 Å². The molecule has 7 heteroatoms. The summed E-state index contributed by atoms with van der Waals surface area (Å²) in [5.74, 6) is 6.08. The Bertz CT molecular complexity index is 486. The topological polar surface area (TPSA) is 96.5 Å². The van der Waals surface area contributed by atoms with E-state index < -0.39 is 4.92 Å². The van der Waals surface area contributed by atoms with Crippen LogP contribution < -0.4 is 16.6 Å². The molecule has 4 N–H and O–H groups in total. The van der Waals surface area contributed by atoms with E-state index in [4.69, 9.17) is 5.84 Å². The van der Waals surface area contributed by atoms with Crippen molar-refractivity contribution in [1.82, 2.24) is 4.90 Å². The fourth-order valence-corrected chi connectivity index (χ4v) is 2.67. The quantitative estimate of drug-likeness (QED) is 0.422. The van der Waals surface area contributed by atoms with Crippen LogP contribution >= 0.6 is 0 Å². The van der Waals surface area contributed by atoms with Crippen molar-refractivity contribution in [3.05, 3.63) is 28.3 Å². The molecule has 1 aliphatic rings. The van der Waals surface area contributed by atoms with Crippen LogP contribution in [-0.2, 0) is 0 Å². The highest BCUT2D eigenvalue weighted by Gasteiger charge is 2.16. The number of nitrogens with zero attached hydrogens (tertiary/aromatic N) is 2. The molecule has 1 aliphatic heterocycles. The molecule has 116 valence electrons. The van der Waals surface area contributed by atoms with Crippen molar-refractivity contribution in [2.75, 3.05) is 37.4 Å². The van der Waals surface area contributed by atoms with Gasteiger partial charge in [0.05, 0.1) is 10.6 Å². The molecule has 7 nitrogen and oxygen atoms in total. The van der Waals surface area contributed by atoms with Crippen LogP contribution in [0, 0.1) is 16.0 Å². The number of likely N-dealkylation sites (tertiary alicyclic amines) is 1. The standard InChI is InChI=1S/C14H23N5O2/c1-18-6-3-11(4-7-18)2-5-16-12-8-13(17-15)10-14(9-12)19(20)21/h8-11,16-17H,2-7,15H2,1H3.